The fourth-order valence-corrected chi connectivity index (χ4v) is 3.93. The minimum Gasteiger partial charge on any atom is -0.497 e. The second kappa shape index (κ2) is 6.74. The number of benzene rings is 1. The van der Waals surface area contributed by atoms with Crippen LogP contribution in [0.2, 0.25) is 0 Å². The first-order valence-corrected chi connectivity index (χ1v) is 8.96. The molecule has 1 saturated carbocycles. The van der Waals surface area contributed by atoms with Crippen molar-refractivity contribution in [2.75, 3.05) is 7.11 Å². The molecule has 138 valence electrons. The summed E-state index contributed by atoms with van der Waals surface area (Å²) >= 11 is 0. The lowest BCUT2D eigenvalue weighted by Gasteiger charge is -2.30. The number of fused-ring (bicyclic) bond motifs is 3. The van der Waals surface area contributed by atoms with Gasteiger partial charge in [-0.15, -0.1) is 0 Å². The van der Waals surface area contributed by atoms with E-state index in [1.54, 1.807) is 17.7 Å². The number of aliphatic hydroxyl groups excluding tert-OH is 1. The maximum Gasteiger partial charge on any atom is 0.281 e. The van der Waals surface area contributed by atoms with Crippen molar-refractivity contribution in [3.63, 3.8) is 0 Å². The van der Waals surface area contributed by atoms with Gasteiger partial charge >= 0.3 is 0 Å². The van der Waals surface area contributed by atoms with Crippen LogP contribution < -0.4 is 16.0 Å². The quantitative estimate of drug-likeness (QED) is 0.740. The van der Waals surface area contributed by atoms with Gasteiger partial charge in [-0.1, -0.05) is 0 Å². The molecule has 1 unspecified atom stereocenters. The molecule has 1 aliphatic carbocycles. The molecule has 1 atom stereocenters. The Hall–Kier alpha value is -2.38. The second-order valence-corrected chi connectivity index (χ2v) is 7.07. The number of hydrogen-bond donors (Lipinski definition) is 2. The lowest BCUT2D eigenvalue weighted by Crippen LogP contribution is -2.36. The van der Waals surface area contributed by atoms with Crippen LogP contribution in [-0.2, 0) is 6.54 Å². The SMILES string of the molecule is COc1ccc2c3ocnc3c(=O)n(CC(O)[C@H]3CC[C@H](N)CC3)c2c1. The van der Waals surface area contributed by atoms with Crippen LogP contribution in [0.3, 0.4) is 0 Å². The Morgan fingerprint density at radius 2 is 2.15 bits per heavy atom. The molecule has 7 heteroatoms. The third-order valence-electron chi connectivity index (χ3n) is 5.49. The predicted octanol–water partition coefficient (Wildman–Crippen LogP) is 2.03. The molecule has 0 saturated heterocycles. The van der Waals surface area contributed by atoms with Crippen LogP contribution in [0.4, 0.5) is 0 Å². The van der Waals surface area contributed by atoms with Gasteiger partial charge in [0.1, 0.15) is 5.75 Å². The number of methoxy groups -OCH3 is 1. The number of oxazole rings is 1. The molecule has 1 aromatic carbocycles. The molecule has 7 nitrogen and oxygen atoms in total. The van der Waals surface area contributed by atoms with Gasteiger partial charge in [0.05, 0.1) is 25.3 Å². The Morgan fingerprint density at radius 1 is 1.38 bits per heavy atom. The standard InChI is InChI=1S/C19H23N3O4/c1-25-13-6-7-14-15(8-13)22(19(24)17-18(14)26-10-21-17)9-16(23)11-2-4-12(20)5-3-11/h6-8,10-12,16,23H,2-5,9,20H2,1H3/t11-,12-,16?. The Labute approximate surface area is 150 Å². The monoisotopic (exact) mass is 357 g/mol. The summed E-state index contributed by atoms with van der Waals surface area (Å²) in [7, 11) is 1.58. The lowest BCUT2D eigenvalue weighted by molar-refractivity contribution is 0.0669. The van der Waals surface area contributed by atoms with Gasteiger partial charge in [-0.25, -0.2) is 4.98 Å². The fraction of sp³-hybridized carbons (Fsp3) is 0.474. The van der Waals surface area contributed by atoms with Crippen molar-refractivity contribution in [1.29, 1.82) is 0 Å². The molecular formula is C19H23N3O4. The summed E-state index contributed by atoms with van der Waals surface area (Å²) in [5.41, 5.74) is 7.11. The summed E-state index contributed by atoms with van der Waals surface area (Å²) in [6.07, 6.45) is 4.24. The van der Waals surface area contributed by atoms with Crippen LogP contribution in [-0.4, -0.2) is 33.9 Å². The van der Waals surface area contributed by atoms with Crippen molar-refractivity contribution in [2.45, 2.75) is 44.4 Å². The van der Waals surface area contributed by atoms with E-state index in [0.717, 1.165) is 31.1 Å². The predicted molar refractivity (Wildman–Crippen MR) is 98.3 cm³/mol. The van der Waals surface area contributed by atoms with Gasteiger partial charge in [-0.05, 0) is 43.7 Å². The molecule has 0 spiro atoms. The van der Waals surface area contributed by atoms with E-state index in [1.807, 2.05) is 12.1 Å². The molecular weight excluding hydrogens is 334 g/mol. The van der Waals surface area contributed by atoms with E-state index in [4.69, 9.17) is 14.9 Å². The summed E-state index contributed by atoms with van der Waals surface area (Å²) in [6, 6.07) is 5.68. The molecule has 26 heavy (non-hydrogen) atoms. The van der Waals surface area contributed by atoms with Crippen LogP contribution in [0.15, 0.2) is 33.8 Å². The Bertz CT molecular complexity index is 986. The van der Waals surface area contributed by atoms with Crippen molar-refractivity contribution < 1.29 is 14.3 Å². The topological polar surface area (TPSA) is 104 Å². The zero-order valence-electron chi connectivity index (χ0n) is 14.7. The average molecular weight is 357 g/mol. The van der Waals surface area contributed by atoms with E-state index < -0.39 is 6.10 Å². The third-order valence-corrected chi connectivity index (χ3v) is 5.49. The number of pyridine rings is 1. The summed E-state index contributed by atoms with van der Waals surface area (Å²) in [5, 5.41) is 11.5. The van der Waals surface area contributed by atoms with Gasteiger partial charge in [0.15, 0.2) is 17.5 Å². The van der Waals surface area contributed by atoms with Crippen molar-refractivity contribution >= 4 is 22.0 Å². The number of ether oxygens (including phenoxy) is 1. The van der Waals surface area contributed by atoms with Gasteiger partial charge < -0.3 is 24.6 Å². The fourth-order valence-electron chi connectivity index (χ4n) is 3.93. The minimum absolute atomic E-state index is 0.148. The smallest absolute Gasteiger partial charge is 0.281 e. The van der Waals surface area contributed by atoms with Crippen molar-refractivity contribution in [2.24, 2.45) is 11.7 Å². The molecule has 0 aliphatic heterocycles. The van der Waals surface area contributed by atoms with Crippen molar-refractivity contribution in [3.8, 4) is 5.75 Å². The van der Waals surface area contributed by atoms with E-state index in [0.29, 0.717) is 16.8 Å². The van der Waals surface area contributed by atoms with E-state index >= 15 is 0 Å². The number of nitrogens with two attached hydrogens (primary N) is 1. The summed E-state index contributed by atoms with van der Waals surface area (Å²) in [5.74, 6) is 0.790. The zero-order chi connectivity index (χ0) is 18.3. The van der Waals surface area contributed by atoms with Gasteiger partial charge in [0, 0.05) is 17.5 Å². The first-order chi connectivity index (χ1) is 12.6. The molecule has 3 N–H and O–H groups in total. The Balaban J connectivity index is 1.79. The summed E-state index contributed by atoms with van der Waals surface area (Å²) < 4.78 is 12.3. The highest BCUT2D eigenvalue weighted by atomic mass is 16.5. The van der Waals surface area contributed by atoms with Gasteiger partial charge in [0.2, 0.25) is 0 Å². The average Bonchev–Trinajstić information content (AvgIpc) is 3.15. The van der Waals surface area contributed by atoms with Crippen molar-refractivity contribution in [1.82, 2.24) is 9.55 Å². The summed E-state index contributed by atoms with van der Waals surface area (Å²) in [6.45, 7) is 0.213. The van der Waals surface area contributed by atoms with E-state index in [2.05, 4.69) is 4.98 Å². The second-order valence-electron chi connectivity index (χ2n) is 7.07. The maximum absolute atomic E-state index is 12.9. The normalized spacial score (nSPS) is 22.0. The van der Waals surface area contributed by atoms with E-state index in [1.165, 1.54) is 6.39 Å². The zero-order valence-corrected chi connectivity index (χ0v) is 14.7. The molecule has 0 radical (unpaired) electrons. The van der Waals surface area contributed by atoms with Gasteiger partial charge in [0.25, 0.3) is 5.56 Å². The molecule has 3 aromatic rings. The molecule has 0 bridgehead atoms. The first kappa shape index (κ1) is 17.1. The van der Waals surface area contributed by atoms with E-state index in [-0.39, 0.29) is 29.6 Å². The van der Waals surface area contributed by atoms with E-state index in [9.17, 15) is 9.90 Å². The number of aromatic nitrogens is 2. The highest BCUT2D eigenvalue weighted by Gasteiger charge is 2.26. The maximum atomic E-state index is 12.9. The van der Waals surface area contributed by atoms with Crippen LogP contribution in [0.5, 0.6) is 5.75 Å². The molecule has 2 aromatic heterocycles. The van der Waals surface area contributed by atoms with Crippen molar-refractivity contribution in [3.05, 3.63) is 34.9 Å². The molecule has 1 fully saturated rings. The van der Waals surface area contributed by atoms with Crippen LogP contribution >= 0.6 is 0 Å². The number of aliphatic hydroxyl groups is 1. The largest absolute Gasteiger partial charge is 0.497 e. The van der Waals surface area contributed by atoms with Crippen LogP contribution in [0.25, 0.3) is 22.0 Å². The minimum atomic E-state index is -0.612. The Kier molecular flexibility index (Phi) is 4.42. The highest BCUT2D eigenvalue weighted by Crippen LogP contribution is 2.29. The molecule has 0 amide bonds. The lowest BCUT2D eigenvalue weighted by atomic mass is 9.83. The Morgan fingerprint density at radius 3 is 2.88 bits per heavy atom. The highest BCUT2D eigenvalue weighted by molar-refractivity contribution is 6.01. The number of nitrogens with zero attached hydrogens (tertiary/aromatic N) is 2. The third kappa shape index (κ3) is 2.87. The number of hydrogen-bond acceptors (Lipinski definition) is 6. The summed E-state index contributed by atoms with van der Waals surface area (Å²) in [4.78, 5) is 17.0. The number of rotatable bonds is 4. The molecule has 4 rings (SSSR count). The van der Waals surface area contributed by atoms with Crippen LogP contribution in [0, 0.1) is 5.92 Å². The first-order valence-electron chi connectivity index (χ1n) is 8.96. The van der Waals surface area contributed by atoms with Gasteiger partial charge in [-0.3, -0.25) is 4.79 Å². The molecule has 2 heterocycles. The van der Waals surface area contributed by atoms with Gasteiger partial charge in [-0.2, -0.15) is 0 Å². The molecule has 1 aliphatic rings. The van der Waals surface area contributed by atoms with Crippen LogP contribution in [0.1, 0.15) is 25.7 Å².